The van der Waals surface area contributed by atoms with Crippen LogP contribution in [0.3, 0.4) is 0 Å². The van der Waals surface area contributed by atoms with Crippen LogP contribution in [0.4, 0.5) is 10.1 Å². The number of rotatable bonds is 1. The number of aryl methyl sites for hydroxylation is 1. The van der Waals surface area contributed by atoms with Crippen molar-refractivity contribution in [3.05, 3.63) is 92.6 Å². The molecule has 0 saturated heterocycles. The van der Waals surface area contributed by atoms with Crippen LogP contribution in [0.1, 0.15) is 17.3 Å². The zero-order chi connectivity index (χ0) is 19.6. The van der Waals surface area contributed by atoms with Crippen LogP contribution < -0.4 is 16.6 Å². The summed E-state index contributed by atoms with van der Waals surface area (Å²) in [6, 6.07) is 13.6. The molecule has 2 aromatic heterocycles. The third-order valence-corrected chi connectivity index (χ3v) is 5.38. The topological polar surface area (TPSA) is 61.0 Å². The highest BCUT2D eigenvalue weighted by Gasteiger charge is 2.30. The second kappa shape index (κ2) is 5.69. The molecule has 3 heterocycles. The first-order valence-corrected chi connectivity index (χ1v) is 8.89. The van der Waals surface area contributed by atoms with Gasteiger partial charge in [0.05, 0.1) is 34.0 Å². The van der Waals surface area contributed by atoms with Gasteiger partial charge in [0.2, 0.25) is 0 Å². The van der Waals surface area contributed by atoms with Gasteiger partial charge in [0, 0.05) is 20.3 Å². The van der Waals surface area contributed by atoms with Gasteiger partial charge >= 0.3 is 5.69 Å². The van der Waals surface area contributed by atoms with Crippen LogP contribution in [0.25, 0.3) is 16.6 Å². The molecular formula is C21H17FN4O2. The molecule has 4 aromatic rings. The molecule has 28 heavy (non-hydrogen) atoms. The monoisotopic (exact) mass is 376 g/mol. The number of benzene rings is 2. The molecule has 0 unspecified atom stereocenters. The van der Waals surface area contributed by atoms with Crippen molar-refractivity contribution in [3.63, 3.8) is 0 Å². The SMILES string of the molecule is Cn1c(=O)c2cn3c(c2n(C)c1=O)[C@@H](c1cccc(F)c1)Nc1ccccc1-3. The molecule has 0 saturated carbocycles. The summed E-state index contributed by atoms with van der Waals surface area (Å²) < 4.78 is 18.5. The van der Waals surface area contributed by atoms with Crippen LogP contribution in [-0.4, -0.2) is 13.7 Å². The number of hydrogen-bond donors (Lipinski definition) is 1. The van der Waals surface area contributed by atoms with Gasteiger partial charge in [-0.3, -0.25) is 13.9 Å². The summed E-state index contributed by atoms with van der Waals surface area (Å²) in [7, 11) is 3.12. The largest absolute Gasteiger partial charge is 0.371 e. The maximum absolute atomic E-state index is 14.0. The molecule has 0 radical (unpaired) electrons. The number of nitrogens with one attached hydrogen (secondary N) is 1. The molecule has 0 fully saturated rings. The number of hydrogen-bond acceptors (Lipinski definition) is 3. The van der Waals surface area contributed by atoms with Gasteiger partial charge in [-0.2, -0.15) is 0 Å². The second-order valence-electron chi connectivity index (χ2n) is 7.00. The standard InChI is InChI=1S/C21H17FN4O2/c1-24-18-14(20(27)25(2)21(24)28)11-26-16-9-4-3-8-15(16)23-17(19(18)26)12-6-5-7-13(22)10-12/h3-11,17,23H,1-2H3/t17-/m1/s1. The summed E-state index contributed by atoms with van der Waals surface area (Å²) in [5.41, 5.74) is 2.98. The summed E-state index contributed by atoms with van der Waals surface area (Å²) in [5.74, 6) is -0.342. The molecule has 0 amide bonds. The smallest absolute Gasteiger partial charge is 0.331 e. The van der Waals surface area contributed by atoms with Crippen LogP contribution in [-0.2, 0) is 14.1 Å². The molecular weight excluding hydrogens is 359 g/mol. The first-order valence-electron chi connectivity index (χ1n) is 8.89. The molecule has 1 N–H and O–H groups in total. The molecule has 1 aliphatic heterocycles. The first kappa shape index (κ1) is 16.6. The van der Waals surface area contributed by atoms with E-state index in [0.29, 0.717) is 16.5 Å². The minimum absolute atomic E-state index is 0.342. The third kappa shape index (κ3) is 2.13. The van der Waals surface area contributed by atoms with Gasteiger partial charge in [0.1, 0.15) is 5.82 Å². The Hall–Kier alpha value is -3.61. The van der Waals surface area contributed by atoms with Crippen molar-refractivity contribution in [1.82, 2.24) is 13.7 Å². The number of para-hydroxylation sites is 2. The lowest BCUT2D eigenvalue weighted by Crippen LogP contribution is -2.37. The molecule has 140 valence electrons. The van der Waals surface area contributed by atoms with Gasteiger partial charge in [-0.15, -0.1) is 0 Å². The number of halogens is 1. The van der Waals surface area contributed by atoms with Crippen molar-refractivity contribution in [2.24, 2.45) is 14.1 Å². The van der Waals surface area contributed by atoms with Crippen LogP contribution in [0, 0.1) is 5.82 Å². The second-order valence-corrected chi connectivity index (χ2v) is 7.00. The minimum atomic E-state index is -0.416. The Bertz CT molecular complexity index is 1380. The van der Waals surface area contributed by atoms with Gasteiger partial charge in [0.15, 0.2) is 0 Å². The Morgan fingerprint density at radius 1 is 1.00 bits per heavy atom. The zero-order valence-corrected chi connectivity index (χ0v) is 15.3. The van der Waals surface area contributed by atoms with E-state index in [2.05, 4.69) is 5.32 Å². The fraction of sp³-hybridized carbons (Fsp3) is 0.143. The Balaban J connectivity index is 1.95. The van der Waals surface area contributed by atoms with E-state index in [1.165, 1.54) is 23.7 Å². The van der Waals surface area contributed by atoms with Crippen LogP contribution in [0.2, 0.25) is 0 Å². The normalized spacial score (nSPS) is 15.2. The maximum atomic E-state index is 14.0. The first-order chi connectivity index (χ1) is 13.5. The highest BCUT2D eigenvalue weighted by molar-refractivity contribution is 5.86. The summed E-state index contributed by atoms with van der Waals surface area (Å²) in [5, 5.41) is 3.89. The molecule has 2 aromatic carbocycles. The Kier molecular flexibility index (Phi) is 3.37. The molecule has 1 aliphatic rings. The van der Waals surface area contributed by atoms with Crippen LogP contribution in [0.5, 0.6) is 0 Å². The molecule has 0 aliphatic carbocycles. The van der Waals surface area contributed by atoms with E-state index in [-0.39, 0.29) is 11.4 Å². The number of anilines is 1. The summed E-state index contributed by atoms with van der Waals surface area (Å²) in [4.78, 5) is 25.4. The van der Waals surface area contributed by atoms with Gasteiger partial charge in [-0.05, 0) is 29.8 Å². The molecule has 0 spiro atoms. The highest BCUT2D eigenvalue weighted by atomic mass is 19.1. The quantitative estimate of drug-likeness (QED) is 0.556. The lowest BCUT2D eigenvalue weighted by Gasteiger charge is -2.30. The van der Waals surface area contributed by atoms with Gasteiger partial charge in [0.25, 0.3) is 5.56 Å². The van der Waals surface area contributed by atoms with E-state index in [0.717, 1.165) is 21.6 Å². The molecule has 5 rings (SSSR count). The Morgan fingerprint density at radius 2 is 1.79 bits per heavy atom. The fourth-order valence-corrected chi connectivity index (χ4v) is 4.04. The van der Waals surface area contributed by atoms with Crippen molar-refractivity contribution in [2.75, 3.05) is 5.32 Å². The predicted molar refractivity (Wildman–Crippen MR) is 106 cm³/mol. The van der Waals surface area contributed by atoms with E-state index in [1.54, 1.807) is 19.3 Å². The summed E-state index contributed by atoms with van der Waals surface area (Å²) in [6.45, 7) is 0. The van der Waals surface area contributed by atoms with E-state index < -0.39 is 11.7 Å². The lowest BCUT2D eigenvalue weighted by molar-refractivity contribution is 0.623. The van der Waals surface area contributed by atoms with Crippen molar-refractivity contribution in [1.29, 1.82) is 0 Å². The molecule has 7 heteroatoms. The average molecular weight is 376 g/mol. The van der Waals surface area contributed by atoms with Crippen molar-refractivity contribution in [3.8, 4) is 5.69 Å². The number of nitrogens with zero attached hydrogens (tertiary/aromatic N) is 3. The predicted octanol–water partition coefficient (Wildman–Crippen LogP) is 2.68. The zero-order valence-electron chi connectivity index (χ0n) is 15.3. The van der Waals surface area contributed by atoms with Crippen LogP contribution in [0.15, 0.2) is 64.3 Å². The maximum Gasteiger partial charge on any atom is 0.331 e. The van der Waals surface area contributed by atoms with Crippen molar-refractivity contribution >= 4 is 16.6 Å². The number of aromatic nitrogens is 3. The minimum Gasteiger partial charge on any atom is -0.371 e. The third-order valence-electron chi connectivity index (χ3n) is 5.38. The number of fused-ring (bicyclic) bond motifs is 5. The van der Waals surface area contributed by atoms with E-state index >= 15 is 0 Å². The highest BCUT2D eigenvalue weighted by Crippen LogP contribution is 2.40. The van der Waals surface area contributed by atoms with Crippen molar-refractivity contribution in [2.45, 2.75) is 6.04 Å². The van der Waals surface area contributed by atoms with E-state index in [1.807, 2.05) is 34.9 Å². The summed E-state index contributed by atoms with van der Waals surface area (Å²) >= 11 is 0. The van der Waals surface area contributed by atoms with E-state index in [4.69, 9.17) is 0 Å². The van der Waals surface area contributed by atoms with Crippen molar-refractivity contribution < 1.29 is 4.39 Å². The summed E-state index contributed by atoms with van der Waals surface area (Å²) in [6.07, 6.45) is 1.76. The lowest BCUT2D eigenvalue weighted by atomic mass is 9.99. The van der Waals surface area contributed by atoms with Gasteiger partial charge < -0.3 is 9.88 Å². The molecule has 1 atom stereocenters. The van der Waals surface area contributed by atoms with E-state index in [9.17, 15) is 14.0 Å². The molecule has 0 bridgehead atoms. The molecule has 6 nitrogen and oxygen atoms in total. The van der Waals surface area contributed by atoms with Gasteiger partial charge in [-0.25, -0.2) is 9.18 Å². The fourth-order valence-electron chi connectivity index (χ4n) is 4.04. The van der Waals surface area contributed by atoms with Gasteiger partial charge in [-0.1, -0.05) is 24.3 Å². The Labute approximate surface area is 159 Å². The van der Waals surface area contributed by atoms with Crippen LogP contribution >= 0.6 is 0 Å². The Morgan fingerprint density at radius 3 is 2.57 bits per heavy atom. The average Bonchev–Trinajstić information content (AvgIpc) is 3.11.